The van der Waals surface area contributed by atoms with Crippen molar-refractivity contribution in [3.63, 3.8) is 0 Å². The van der Waals surface area contributed by atoms with Crippen LogP contribution in [0.2, 0.25) is 0 Å². The molecular formula is C8H11N5O. The lowest BCUT2D eigenvalue weighted by Gasteiger charge is -2.03. The Hall–Kier alpha value is -1.69. The van der Waals surface area contributed by atoms with Crippen LogP contribution in [0.15, 0.2) is 6.20 Å². The summed E-state index contributed by atoms with van der Waals surface area (Å²) in [5.74, 6) is 1.27. The Morgan fingerprint density at radius 1 is 1.50 bits per heavy atom. The minimum absolute atomic E-state index is 0.0664. The van der Waals surface area contributed by atoms with Gasteiger partial charge in [0.1, 0.15) is 5.82 Å². The van der Waals surface area contributed by atoms with Gasteiger partial charge in [0.25, 0.3) is 0 Å². The molecule has 0 aliphatic heterocycles. The Balaban J connectivity index is 2.76. The number of aryl methyl sites for hydroxylation is 1. The van der Waals surface area contributed by atoms with Crippen LogP contribution in [0, 0.1) is 6.92 Å². The average molecular weight is 193 g/mol. The predicted molar refractivity (Wildman–Crippen MR) is 51.0 cm³/mol. The quantitative estimate of drug-likeness (QED) is 0.700. The first-order valence-electron chi connectivity index (χ1n) is 4.26. The zero-order valence-electron chi connectivity index (χ0n) is 8.02. The number of aromatic nitrogens is 4. The van der Waals surface area contributed by atoms with Gasteiger partial charge in [0.05, 0.1) is 12.8 Å². The third kappa shape index (κ3) is 1.20. The fourth-order valence-corrected chi connectivity index (χ4v) is 1.30. The Morgan fingerprint density at radius 2 is 2.29 bits per heavy atom. The standard InChI is InChI=1S/C8H11N5O/c1-5-11-7-6(4-14)3-10-13(7)8(9-2)12-5/h3,14H,4H2,1-2H3,(H,9,11,12). The van der Waals surface area contributed by atoms with E-state index in [-0.39, 0.29) is 6.61 Å². The van der Waals surface area contributed by atoms with Crippen molar-refractivity contribution in [1.29, 1.82) is 0 Å². The van der Waals surface area contributed by atoms with Gasteiger partial charge in [-0.3, -0.25) is 0 Å². The van der Waals surface area contributed by atoms with E-state index in [1.807, 2.05) is 0 Å². The van der Waals surface area contributed by atoms with Crippen molar-refractivity contribution in [3.8, 4) is 0 Å². The van der Waals surface area contributed by atoms with Gasteiger partial charge in [0, 0.05) is 12.6 Å². The van der Waals surface area contributed by atoms with Gasteiger partial charge >= 0.3 is 0 Å². The average Bonchev–Trinajstić information content (AvgIpc) is 2.59. The van der Waals surface area contributed by atoms with Gasteiger partial charge in [0.15, 0.2) is 5.65 Å². The summed E-state index contributed by atoms with van der Waals surface area (Å²) in [6, 6.07) is 0. The maximum absolute atomic E-state index is 9.04. The van der Waals surface area contributed by atoms with Gasteiger partial charge < -0.3 is 10.4 Å². The molecule has 0 unspecified atom stereocenters. The van der Waals surface area contributed by atoms with E-state index in [1.54, 1.807) is 24.7 Å². The molecule has 0 fully saturated rings. The highest BCUT2D eigenvalue weighted by atomic mass is 16.3. The van der Waals surface area contributed by atoms with Gasteiger partial charge in [-0.2, -0.15) is 14.6 Å². The lowest BCUT2D eigenvalue weighted by atomic mass is 10.4. The largest absolute Gasteiger partial charge is 0.391 e. The van der Waals surface area contributed by atoms with E-state index < -0.39 is 0 Å². The molecule has 2 aromatic heterocycles. The summed E-state index contributed by atoms with van der Waals surface area (Å²) >= 11 is 0. The van der Waals surface area contributed by atoms with Crippen LogP contribution in [0.5, 0.6) is 0 Å². The molecule has 0 aliphatic rings. The SMILES string of the molecule is CNc1nc(C)nc2c(CO)cnn12. The second-order valence-corrected chi connectivity index (χ2v) is 2.91. The topological polar surface area (TPSA) is 75.3 Å². The summed E-state index contributed by atoms with van der Waals surface area (Å²) in [6.07, 6.45) is 1.59. The van der Waals surface area contributed by atoms with Crippen LogP contribution >= 0.6 is 0 Å². The first-order chi connectivity index (χ1) is 6.76. The zero-order valence-corrected chi connectivity index (χ0v) is 8.02. The number of fused-ring (bicyclic) bond motifs is 1. The first kappa shape index (κ1) is 8.89. The molecule has 14 heavy (non-hydrogen) atoms. The van der Waals surface area contributed by atoms with Crippen LogP contribution in [-0.4, -0.2) is 31.7 Å². The van der Waals surface area contributed by atoms with Crippen molar-refractivity contribution >= 4 is 11.6 Å². The van der Waals surface area contributed by atoms with E-state index in [2.05, 4.69) is 20.4 Å². The summed E-state index contributed by atoms with van der Waals surface area (Å²) in [5, 5.41) is 16.0. The highest BCUT2D eigenvalue weighted by molar-refractivity contribution is 5.50. The lowest BCUT2D eigenvalue weighted by Crippen LogP contribution is -2.06. The predicted octanol–water partition coefficient (Wildman–Crippen LogP) is -0.0333. The summed E-state index contributed by atoms with van der Waals surface area (Å²) in [6.45, 7) is 1.73. The molecule has 6 nitrogen and oxygen atoms in total. The van der Waals surface area contributed by atoms with E-state index in [1.165, 1.54) is 0 Å². The van der Waals surface area contributed by atoms with E-state index in [4.69, 9.17) is 5.11 Å². The summed E-state index contributed by atoms with van der Waals surface area (Å²) < 4.78 is 1.57. The van der Waals surface area contributed by atoms with Crippen LogP contribution in [0.25, 0.3) is 5.65 Å². The minimum Gasteiger partial charge on any atom is -0.391 e. The highest BCUT2D eigenvalue weighted by Crippen LogP contribution is 2.12. The molecule has 0 aromatic carbocycles. The molecule has 0 saturated heterocycles. The molecule has 74 valence electrons. The van der Waals surface area contributed by atoms with Gasteiger partial charge in [-0.25, -0.2) is 4.98 Å². The third-order valence-electron chi connectivity index (χ3n) is 1.95. The third-order valence-corrected chi connectivity index (χ3v) is 1.95. The molecule has 2 rings (SSSR count). The highest BCUT2D eigenvalue weighted by Gasteiger charge is 2.09. The van der Waals surface area contributed by atoms with Crippen molar-refractivity contribution in [3.05, 3.63) is 17.6 Å². The van der Waals surface area contributed by atoms with Crippen molar-refractivity contribution in [2.75, 3.05) is 12.4 Å². The number of hydrogen-bond donors (Lipinski definition) is 2. The monoisotopic (exact) mass is 193 g/mol. The Bertz CT molecular complexity index is 464. The number of hydrogen-bond acceptors (Lipinski definition) is 5. The molecule has 0 saturated carbocycles. The van der Waals surface area contributed by atoms with E-state index in [0.29, 0.717) is 23.0 Å². The van der Waals surface area contributed by atoms with Crippen molar-refractivity contribution < 1.29 is 5.11 Å². The van der Waals surface area contributed by atoms with Crippen LogP contribution in [0.3, 0.4) is 0 Å². The molecule has 0 amide bonds. The molecule has 2 N–H and O–H groups in total. The van der Waals surface area contributed by atoms with Gasteiger partial charge in [-0.1, -0.05) is 0 Å². The van der Waals surface area contributed by atoms with Crippen LogP contribution < -0.4 is 5.32 Å². The Morgan fingerprint density at radius 3 is 2.93 bits per heavy atom. The fraction of sp³-hybridized carbons (Fsp3) is 0.375. The van der Waals surface area contributed by atoms with E-state index in [9.17, 15) is 0 Å². The molecule has 0 radical (unpaired) electrons. The van der Waals surface area contributed by atoms with Crippen molar-refractivity contribution in [1.82, 2.24) is 19.6 Å². The second kappa shape index (κ2) is 3.22. The Kier molecular flexibility index (Phi) is 2.05. The molecule has 0 bridgehead atoms. The molecule has 2 aromatic rings. The number of nitrogens with zero attached hydrogens (tertiary/aromatic N) is 4. The fourth-order valence-electron chi connectivity index (χ4n) is 1.30. The van der Waals surface area contributed by atoms with Crippen LogP contribution in [0.1, 0.15) is 11.4 Å². The molecule has 0 atom stereocenters. The molecule has 6 heteroatoms. The van der Waals surface area contributed by atoms with E-state index in [0.717, 1.165) is 0 Å². The molecular weight excluding hydrogens is 182 g/mol. The van der Waals surface area contributed by atoms with Crippen molar-refractivity contribution in [2.45, 2.75) is 13.5 Å². The summed E-state index contributed by atoms with van der Waals surface area (Å²) in [7, 11) is 1.77. The van der Waals surface area contributed by atoms with Crippen LogP contribution in [-0.2, 0) is 6.61 Å². The number of nitrogens with one attached hydrogen (secondary N) is 1. The number of aliphatic hydroxyl groups is 1. The normalized spacial score (nSPS) is 10.8. The molecule has 0 spiro atoms. The van der Waals surface area contributed by atoms with E-state index >= 15 is 0 Å². The zero-order chi connectivity index (χ0) is 10.1. The number of aliphatic hydroxyl groups excluding tert-OH is 1. The maximum atomic E-state index is 9.04. The Labute approximate surface area is 80.6 Å². The van der Waals surface area contributed by atoms with Crippen LogP contribution in [0.4, 0.5) is 5.95 Å². The van der Waals surface area contributed by atoms with Gasteiger partial charge in [0.2, 0.25) is 5.95 Å². The van der Waals surface area contributed by atoms with Gasteiger partial charge in [-0.05, 0) is 6.92 Å². The van der Waals surface area contributed by atoms with Crippen molar-refractivity contribution in [2.24, 2.45) is 0 Å². The maximum Gasteiger partial charge on any atom is 0.227 e. The summed E-state index contributed by atoms with van der Waals surface area (Å²) in [4.78, 5) is 8.37. The molecule has 2 heterocycles. The smallest absolute Gasteiger partial charge is 0.227 e. The van der Waals surface area contributed by atoms with Gasteiger partial charge in [-0.15, -0.1) is 0 Å². The minimum atomic E-state index is -0.0664. The number of rotatable bonds is 2. The number of anilines is 1. The molecule has 0 aliphatic carbocycles. The second-order valence-electron chi connectivity index (χ2n) is 2.91. The first-order valence-corrected chi connectivity index (χ1v) is 4.26. The summed E-state index contributed by atoms with van der Waals surface area (Å²) in [5.41, 5.74) is 1.34. The lowest BCUT2D eigenvalue weighted by molar-refractivity contribution is 0.283.